The monoisotopic (exact) mass is 535 g/mol. The number of carbonyl (C=O) groups is 1. The van der Waals surface area contributed by atoms with Crippen molar-refractivity contribution in [1.82, 2.24) is 5.06 Å². The van der Waals surface area contributed by atoms with Gasteiger partial charge in [0, 0.05) is 24.6 Å². The number of halogens is 3. The second-order valence-electron chi connectivity index (χ2n) is 6.83. The Morgan fingerprint density at radius 1 is 1.17 bits per heavy atom. The molecule has 2 atom stereocenters. The zero-order chi connectivity index (χ0) is 22.3. The SMILES string of the molecule is CCOP(C)(=O)C(CCN(OCc1ccc(Br)cc1)C(C)=O)c1ccc(Cl)c(Cl)c1. The minimum atomic E-state index is -3.03. The van der Waals surface area contributed by atoms with Gasteiger partial charge in [-0.05, 0) is 48.7 Å². The van der Waals surface area contributed by atoms with Gasteiger partial charge in [0.2, 0.25) is 13.3 Å². The van der Waals surface area contributed by atoms with Gasteiger partial charge in [0.15, 0.2) is 0 Å². The van der Waals surface area contributed by atoms with Crippen LogP contribution >= 0.6 is 46.5 Å². The summed E-state index contributed by atoms with van der Waals surface area (Å²) < 4.78 is 19.8. The third kappa shape index (κ3) is 7.37. The topological polar surface area (TPSA) is 55.8 Å². The predicted molar refractivity (Wildman–Crippen MR) is 125 cm³/mol. The van der Waals surface area contributed by atoms with Crippen LogP contribution in [0.15, 0.2) is 46.9 Å². The van der Waals surface area contributed by atoms with Crippen molar-refractivity contribution in [2.45, 2.75) is 32.5 Å². The summed E-state index contributed by atoms with van der Waals surface area (Å²) in [6.45, 7) is 5.66. The Balaban J connectivity index is 2.15. The molecule has 0 bridgehead atoms. The molecule has 2 unspecified atom stereocenters. The maximum atomic E-state index is 13.3. The van der Waals surface area contributed by atoms with E-state index in [9.17, 15) is 9.36 Å². The van der Waals surface area contributed by atoms with Crippen molar-refractivity contribution >= 4 is 52.4 Å². The normalized spacial score (nSPS) is 14.2. The number of rotatable bonds is 10. The van der Waals surface area contributed by atoms with Gasteiger partial charge in [0.05, 0.1) is 22.3 Å². The quantitative estimate of drug-likeness (QED) is 0.240. The number of carbonyl (C=O) groups excluding carboxylic acids is 1. The average molecular weight is 537 g/mol. The highest BCUT2D eigenvalue weighted by Gasteiger charge is 2.31. The predicted octanol–water partition coefficient (Wildman–Crippen LogP) is 7.11. The minimum Gasteiger partial charge on any atom is -0.329 e. The van der Waals surface area contributed by atoms with Crippen LogP contribution in [-0.4, -0.2) is 30.8 Å². The van der Waals surface area contributed by atoms with E-state index in [4.69, 9.17) is 32.6 Å². The molecule has 0 heterocycles. The van der Waals surface area contributed by atoms with E-state index in [2.05, 4.69) is 15.9 Å². The maximum Gasteiger partial charge on any atom is 0.243 e. The molecule has 0 radical (unpaired) electrons. The van der Waals surface area contributed by atoms with Crippen LogP contribution in [0.5, 0.6) is 0 Å². The molecule has 0 saturated heterocycles. The van der Waals surface area contributed by atoms with E-state index in [1.165, 1.54) is 12.0 Å². The highest BCUT2D eigenvalue weighted by atomic mass is 79.9. The molecule has 0 fully saturated rings. The lowest BCUT2D eigenvalue weighted by molar-refractivity contribution is -0.189. The van der Waals surface area contributed by atoms with Crippen LogP contribution in [0.25, 0.3) is 0 Å². The lowest BCUT2D eigenvalue weighted by Gasteiger charge is -2.28. The van der Waals surface area contributed by atoms with Gasteiger partial charge in [0.1, 0.15) is 6.61 Å². The molecule has 0 aliphatic heterocycles. The smallest absolute Gasteiger partial charge is 0.243 e. The van der Waals surface area contributed by atoms with Crippen LogP contribution in [0, 0.1) is 0 Å². The summed E-state index contributed by atoms with van der Waals surface area (Å²) in [5.74, 6) is -0.234. The fourth-order valence-corrected chi connectivity index (χ4v) is 5.57. The number of hydroxylamine groups is 2. The van der Waals surface area contributed by atoms with Crippen molar-refractivity contribution in [3.05, 3.63) is 68.1 Å². The van der Waals surface area contributed by atoms with Crippen molar-refractivity contribution in [3.8, 4) is 0 Å². The lowest BCUT2D eigenvalue weighted by Crippen LogP contribution is -2.30. The van der Waals surface area contributed by atoms with Crippen molar-refractivity contribution in [2.75, 3.05) is 19.8 Å². The molecule has 0 saturated carbocycles. The van der Waals surface area contributed by atoms with Gasteiger partial charge < -0.3 is 4.52 Å². The highest BCUT2D eigenvalue weighted by Crippen LogP contribution is 2.59. The summed E-state index contributed by atoms with van der Waals surface area (Å²) in [5.41, 5.74) is 1.23. The van der Waals surface area contributed by atoms with Crippen LogP contribution in [0.3, 0.4) is 0 Å². The van der Waals surface area contributed by atoms with Crippen molar-refractivity contribution in [1.29, 1.82) is 0 Å². The Hall–Kier alpha value is -0.880. The van der Waals surface area contributed by atoms with E-state index >= 15 is 0 Å². The Morgan fingerprint density at radius 3 is 2.40 bits per heavy atom. The molecular weight excluding hydrogens is 512 g/mol. The van der Waals surface area contributed by atoms with E-state index in [1.807, 2.05) is 24.3 Å². The van der Waals surface area contributed by atoms with E-state index < -0.39 is 13.0 Å². The van der Waals surface area contributed by atoms with Crippen LogP contribution in [0.4, 0.5) is 0 Å². The molecule has 0 aliphatic carbocycles. The van der Waals surface area contributed by atoms with E-state index in [0.717, 1.165) is 15.6 Å². The average Bonchev–Trinajstić information content (AvgIpc) is 2.67. The molecule has 0 N–H and O–H groups in total. The fourth-order valence-electron chi connectivity index (χ4n) is 3.02. The molecule has 0 aliphatic rings. The van der Waals surface area contributed by atoms with Gasteiger partial charge in [-0.15, -0.1) is 0 Å². The minimum absolute atomic E-state index is 0.234. The molecule has 30 heavy (non-hydrogen) atoms. The van der Waals surface area contributed by atoms with Crippen LogP contribution in [0.1, 0.15) is 37.1 Å². The van der Waals surface area contributed by atoms with Crippen LogP contribution < -0.4 is 0 Å². The summed E-state index contributed by atoms with van der Waals surface area (Å²) >= 11 is 15.6. The Kier molecular flexibility index (Phi) is 9.86. The number of hydrogen-bond acceptors (Lipinski definition) is 4. The first-order valence-electron chi connectivity index (χ1n) is 9.46. The third-order valence-electron chi connectivity index (χ3n) is 4.54. The Labute approximate surface area is 196 Å². The van der Waals surface area contributed by atoms with Gasteiger partial charge in [-0.3, -0.25) is 14.2 Å². The second kappa shape index (κ2) is 11.7. The number of amides is 1. The standard InChI is InChI=1S/C21H25BrCl2NO4P/c1-4-29-30(3,27)21(17-7-10-19(23)20(24)13-17)11-12-25(15(2)26)28-14-16-5-8-18(22)9-6-16/h5-10,13,21H,4,11-12,14H2,1-3H3. The largest absolute Gasteiger partial charge is 0.329 e. The van der Waals surface area contributed by atoms with E-state index in [-0.39, 0.29) is 19.1 Å². The van der Waals surface area contributed by atoms with Crippen LogP contribution in [-0.2, 0) is 25.3 Å². The lowest BCUT2D eigenvalue weighted by atomic mass is 10.1. The molecule has 5 nitrogen and oxygen atoms in total. The van der Waals surface area contributed by atoms with E-state index in [0.29, 0.717) is 23.1 Å². The molecule has 2 aromatic carbocycles. The first kappa shape index (κ1) is 25.4. The van der Waals surface area contributed by atoms with Gasteiger partial charge in [-0.2, -0.15) is 0 Å². The summed E-state index contributed by atoms with van der Waals surface area (Å²) in [7, 11) is -3.03. The zero-order valence-corrected chi connectivity index (χ0v) is 21.1. The molecule has 1 amide bonds. The van der Waals surface area contributed by atoms with Crippen molar-refractivity contribution in [3.63, 3.8) is 0 Å². The summed E-state index contributed by atoms with van der Waals surface area (Å²) in [5, 5.41) is 2.09. The Bertz CT molecular complexity index is 910. The highest BCUT2D eigenvalue weighted by molar-refractivity contribution is 9.10. The second-order valence-corrected chi connectivity index (χ2v) is 11.3. The number of nitrogens with zero attached hydrogens (tertiary/aromatic N) is 1. The molecule has 0 aromatic heterocycles. The van der Waals surface area contributed by atoms with Crippen LogP contribution in [0.2, 0.25) is 10.0 Å². The number of hydrogen-bond donors (Lipinski definition) is 0. The summed E-state index contributed by atoms with van der Waals surface area (Å²) in [6, 6.07) is 12.8. The summed E-state index contributed by atoms with van der Waals surface area (Å²) in [6.07, 6.45) is 0.381. The first-order chi connectivity index (χ1) is 14.1. The van der Waals surface area contributed by atoms with Gasteiger partial charge in [0.25, 0.3) is 0 Å². The summed E-state index contributed by atoms with van der Waals surface area (Å²) in [4.78, 5) is 17.8. The Morgan fingerprint density at radius 2 is 1.83 bits per heavy atom. The van der Waals surface area contributed by atoms with Gasteiger partial charge in [-0.1, -0.05) is 57.3 Å². The molecule has 9 heteroatoms. The molecule has 2 aromatic rings. The number of benzene rings is 2. The van der Waals surface area contributed by atoms with E-state index in [1.54, 1.807) is 31.8 Å². The molecule has 2 rings (SSSR count). The zero-order valence-electron chi connectivity index (χ0n) is 17.1. The van der Waals surface area contributed by atoms with Crippen molar-refractivity contribution < 1.29 is 18.7 Å². The first-order valence-corrected chi connectivity index (χ1v) is 13.1. The van der Waals surface area contributed by atoms with Crippen molar-refractivity contribution in [2.24, 2.45) is 0 Å². The third-order valence-corrected chi connectivity index (χ3v) is 8.26. The fraction of sp³-hybridized carbons (Fsp3) is 0.381. The molecular formula is C21H25BrCl2NO4P. The van der Waals surface area contributed by atoms with Gasteiger partial charge >= 0.3 is 0 Å². The molecule has 0 spiro atoms. The maximum absolute atomic E-state index is 13.3. The van der Waals surface area contributed by atoms with Gasteiger partial charge in [-0.25, -0.2) is 5.06 Å². The molecule has 164 valence electrons.